The van der Waals surface area contributed by atoms with Crippen LogP contribution in [0, 0.1) is 0 Å². The first-order chi connectivity index (χ1) is 14.7. The molecule has 0 aromatic carbocycles. The molecule has 0 radical (unpaired) electrons. The molecule has 11 heteroatoms. The van der Waals surface area contributed by atoms with Crippen LogP contribution in [0.2, 0.25) is 0 Å². The van der Waals surface area contributed by atoms with Gasteiger partial charge in [0.1, 0.15) is 12.1 Å². The molecule has 1 atom stereocenters. The van der Waals surface area contributed by atoms with Crippen molar-refractivity contribution in [3.63, 3.8) is 0 Å². The lowest BCUT2D eigenvalue weighted by Gasteiger charge is -2.38. The number of hydrogen-bond donors (Lipinski definition) is 1. The number of carboxylic acids is 1. The summed E-state index contributed by atoms with van der Waals surface area (Å²) in [6.07, 6.45) is 8.55. The van der Waals surface area contributed by atoms with Gasteiger partial charge in [0.05, 0.1) is 18.0 Å². The van der Waals surface area contributed by atoms with Gasteiger partial charge in [-0.05, 0) is 38.2 Å². The van der Waals surface area contributed by atoms with E-state index in [1.807, 2.05) is 6.20 Å². The van der Waals surface area contributed by atoms with E-state index < -0.39 is 12.1 Å². The van der Waals surface area contributed by atoms with E-state index in [9.17, 15) is 18.0 Å². The van der Waals surface area contributed by atoms with Crippen molar-refractivity contribution < 1.29 is 32.3 Å². The van der Waals surface area contributed by atoms with E-state index in [2.05, 4.69) is 19.8 Å². The summed E-state index contributed by atoms with van der Waals surface area (Å²) < 4.78 is 36.8. The smallest absolute Gasteiger partial charge is 0.475 e. The fourth-order valence-corrected chi connectivity index (χ4v) is 4.18. The maximum Gasteiger partial charge on any atom is 0.490 e. The Morgan fingerprint density at radius 2 is 1.81 bits per heavy atom. The van der Waals surface area contributed by atoms with Gasteiger partial charge in [-0.15, -0.1) is 0 Å². The molecule has 2 fully saturated rings. The van der Waals surface area contributed by atoms with Crippen molar-refractivity contribution in [2.45, 2.75) is 43.8 Å². The summed E-state index contributed by atoms with van der Waals surface area (Å²) in [7, 11) is 0. The maximum atomic E-state index is 12.9. The molecule has 2 saturated heterocycles. The van der Waals surface area contributed by atoms with Crippen molar-refractivity contribution in [2.24, 2.45) is 0 Å². The normalized spacial score (nSPS) is 21.4. The van der Waals surface area contributed by atoms with Crippen LogP contribution in [0.1, 0.15) is 42.5 Å². The van der Waals surface area contributed by atoms with Gasteiger partial charge in [0.2, 0.25) is 0 Å². The van der Waals surface area contributed by atoms with Gasteiger partial charge in [0.15, 0.2) is 0 Å². The highest BCUT2D eigenvalue weighted by Gasteiger charge is 2.44. The van der Waals surface area contributed by atoms with E-state index in [4.69, 9.17) is 14.3 Å². The molecule has 168 valence electrons. The van der Waals surface area contributed by atoms with Crippen LogP contribution in [0.4, 0.5) is 19.0 Å². The van der Waals surface area contributed by atoms with Gasteiger partial charge in [-0.1, -0.05) is 0 Å². The predicted molar refractivity (Wildman–Crippen MR) is 103 cm³/mol. The molecule has 2 aliphatic rings. The monoisotopic (exact) mass is 440 g/mol. The Hall–Kier alpha value is -3.11. The van der Waals surface area contributed by atoms with Gasteiger partial charge in [-0.25, -0.2) is 9.78 Å². The summed E-state index contributed by atoms with van der Waals surface area (Å²) >= 11 is 0. The second kappa shape index (κ2) is 9.36. The molecule has 0 aliphatic carbocycles. The van der Waals surface area contributed by atoms with Crippen molar-refractivity contribution >= 4 is 17.7 Å². The Morgan fingerprint density at radius 1 is 1.10 bits per heavy atom. The number of hydrogen-bond acceptors (Lipinski definition) is 6. The van der Waals surface area contributed by atoms with Crippen molar-refractivity contribution in [1.82, 2.24) is 14.9 Å². The third kappa shape index (κ3) is 5.33. The number of rotatable bonds is 2. The van der Waals surface area contributed by atoms with E-state index in [1.54, 1.807) is 31.0 Å². The van der Waals surface area contributed by atoms with Gasteiger partial charge < -0.3 is 19.3 Å². The zero-order chi connectivity index (χ0) is 22.5. The first-order valence-electron chi connectivity index (χ1n) is 9.88. The number of halogens is 3. The fourth-order valence-electron chi connectivity index (χ4n) is 4.18. The maximum absolute atomic E-state index is 12.9. The molecule has 0 saturated carbocycles. The van der Waals surface area contributed by atoms with Crippen molar-refractivity contribution in [2.75, 3.05) is 24.5 Å². The van der Waals surface area contributed by atoms with Gasteiger partial charge in [0.25, 0.3) is 5.91 Å². The molecular formula is C20H23F3N4O4. The van der Waals surface area contributed by atoms with Gasteiger partial charge in [-0.2, -0.15) is 13.2 Å². The SMILES string of the molecule is O=C(O)C(F)(F)F.O=C(c1ccoc1)N1CCCC12CCCN(c1cnccn1)CC2. The molecule has 1 spiro atoms. The third-order valence-electron chi connectivity index (χ3n) is 5.64. The highest BCUT2D eigenvalue weighted by atomic mass is 19.4. The minimum atomic E-state index is -5.08. The minimum absolute atomic E-state index is 0.0225. The summed E-state index contributed by atoms with van der Waals surface area (Å²) in [5.41, 5.74) is 0.636. The first kappa shape index (κ1) is 22.6. The highest BCUT2D eigenvalue weighted by Crippen LogP contribution is 2.39. The second-order valence-electron chi connectivity index (χ2n) is 7.50. The molecule has 8 nitrogen and oxygen atoms in total. The number of furan rings is 1. The molecular weight excluding hydrogens is 417 g/mol. The molecule has 4 rings (SSSR count). The Labute approximate surface area is 176 Å². The molecule has 4 heterocycles. The van der Waals surface area contributed by atoms with E-state index in [0.29, 0.717) is 5.56 Å². The minimum Gasteiger partial charge on any atom is -0.475 e. The van der Waals surface area contributed by atoms with Crippen LogP contribution in [0.3, 0.4) is 0 Å². The quantitative estimate of drug-likeness (QED) is 0.764. The number of nitrogens with zero attached hydrogens (tertiary/aromatic N) is 4. The molecule has 2 aliphatic heterocycles. The summed E-state index contributed by atoms with van der Waals surface area (Å²) in [4.78, 5) is 34.8. The molecule has 1 unspecified atom stereocenters. The number of likely N-dealkylation sites (tertiary alicyclic amines) is 1. The number of aliphatic carboxylic acids is 1. The lowest BCUT2D eigenvalue weighted by atomic mass is 9.87. The third-order valence-corrected chi connectivity index (χ3v) is 5.64. The van der Waals surface area contributed by atoms with Crippen molar-refractivity contribution in [3.8, 4) is 0 Å². The summed E-state index contributed by atoms with van der Waals surface area (Å²) in [5.74, 6) is -1.72. The number of amides is 1. The Morgan fingerprint density at radius 3 is 2.39 bits per heavy atom. The van der Waals surface area contributed by atoms with Crippen LogP contribution < -0.4 is 4.90 Å². The lowest BCUT2D eigenvalue weighted by molar-refractivity contribution is -0.192. The van der Waals surface area contributed by atoms with Crippen LogP contribution in [0.25, 0.3) is 0 Å². The number of carbonyl (C=O) groups excluding carboxylic acids is 1. The lowest BCUT2D eigenvalue weighted by Crippen LogP contribution is -2.47. The molecule has 0 bridgehead atoms. The van der Waals surface area contributed by atoms with E-state index in [1.165, 1.54) is 0 Å². The molecule has 1 N–H and O–H groups in total. The van der Waals surface area contributed by atoms with Gasteiger partial charge >= 0.3 is 12.1 Å². The topological polar surface area (TPSA) is 99.8 Å². The zero-order valence-electron chi connectivity index (χ0n) is 16.7. The number of carbonyl (C=O) groups is 2. The Balaban J connectivity index is 0.000000339. The number of carboxylic acid groups (broad SMARTS) is 1. The second-order valence-corrected chi connectivity index (χ2v) is 7.50. The summed E-state index contributed by atoms with van der Waals surface area (Å²) in [6, 6.07) is 1.76. The van der Waals surface area contributed by atoms with Crippen LogP contribution in [0.5, 0.6) is 0 Å². The van der Waals surface area contributed by atoms with Crippen LogP contribution >= 0.6 is 0 Å². The first-order valence-corrected chi connectivity index (χ1v) is 9.88. The number of alkyl halides is 3. The molecule has 31 heavy (non-hydrogen) atoms. The Bertz CT molecular complexity index is 876. The Kier molecular flexibility index (Phi) is 6.81. The average molecular weight is 440 g/mol. The van der Waals surface area contributed by atoms with Crippen molar-refractivity contribution in [3.05, 3.63) is 42.7 Å². The average Bonchev–Trinajstić information content (AvgIpc) is 3.36. The largest absolute Gasteiger partial charge is 0.490 e. The number of aromatic nitrogens is 2. The van der Waals surface area contributed by atoms with Gasteiger partial charge in [-0.3, -0.25) is 9.78 Å². The van der Waals surface area contributed by atoms with Crippen LogP contribution in [-0.2, 0) is 4.79 Å². The van der Waals surface area contributed by atoms with Crippen molar-refractivity contribution in [1.29, 1.82) is 0 Å². The standard InChI is InChI=1S/C18H22N4O2.C2HF3O2/c23-17(15-3-12-24-14-15)22-10-2-5-18(22)4-1-9-21(11-6-18)16-13-19-7-8-20-16;3-2(4,5)1(6)7/h3,7-8,12-14H,1-2,4-6,9-11H2;(H,6,7). The molecule has 1 amide bonds. The van der Waals surface area contributed by atoms with Crippen LogP contribution in [0.15, 0.2) is 41.6 Å². The summed E-state index contributed by atoms with van der Waals surface area (Å²) in [5, 5.41) is 7.12. The zero-order valence-corrected chi connectivity index (χ0v) is 16.7. The fraction of sp³-hybridized carbons (Fsp3) is 0.500. The van der Waals surface area contributed by atoms with Gasteiger partial charge in [0, 0.05) is 37.6 Å². The van der Waals surface area contributed by atoms with E-state index in [-0.39, 0.29) is 11.4 Å². The van der Waals surface area contributed by atoms with Crippen LogP contribution in [-0.4, -0.2) is 63.2 Å². The summed E-state index contributed by atoms with van der Waals surface area (Å²) in [6.45, 7) is 2.72. The number of anilines is 1. The van der Waals surface area contributed by atoms with E-state index in [0.717, 1.165) is 57.6 Å². The highest BCUT2D eigenvalue weighted by molar-refractivity contribution is 5.94. The van der Waals surface area contributed by atoms with E-state index >= 15 is 0 Å². The molecule has 2 aromatic rings. The predicted octanol–water partition coefficient (Wildman–Crippen LogP) is 3.37. The molecule has 2 aromatic heterocycles.